The molecule has 0 saturated heterocycles. The second-order valence-corrected chi connectivity index (χ2v) is 0.681. The predicted molar refractivity (Wildman–Crippen MR) is 27.5 cm³/mol. The summed E-state index contributed by atoms with van der Waals surface area (Å²) in [7, 11) is 0. The number of nitrogens with two attached hydrogens (primary N) is 1. The summed E-state index contributed by atoms with van der Waals surface area (Å²) in [6.07, 6.45) is 1.25. The predicted octanol–water partition coefficient (Wildman–Crippen LogP) is -0.395. The van der Waals surface area contributed by atoms with E-state index in [-0.39, 0.29) is 0 Å². The summed E-state index contributed by atoms with van der Waals surface area (Å²) in [6.45, 7) is 2.66. The smallest absolute Gasteiger partial charge is 0.293 e. The van der Waals surface area contributed by atoms with Gasteiger partial charge in [0, 0.05) is 0 Å². The Morgan fingerprint density at radius 1 is 2.00 bits per heavy atom. The van der Waals surface area contributed by atoms with Gasteiger partial charge in [0.25, 0.3) is 6.47 Å². The van der Waals surface area contributed by atoms with Gasteiger partial charge in [-0.05, 0) is 6.92 Å². The Morgan fingerprint density at radius 3 is 2.38 bits per heavy atom. The van der Waals surface area contributed by atoms with Gasteiger partial charge in [0.2, 0.25) is 0 Å². The van der Waals surface area contributed by atoms with Gasteiger partial charge in [-0.2, -0.15) is 5.26 Å². The second kappa shape index (κ2) is 17.1. The maximum Gasteiger partial charge on any atom is 0.293 e. The molecular weight excluding hydrogens is 108 g/mol. The van der Waals surface area contributed by atoms with Gasteiger partial charge in [0.1, 0.15) is 0 Å². The highest BCUT2D eigenvalue weighted by atomic mass is 16.5. The molecule has 0 aliphatic rings. The molecule has 4 heteroatoms. The van der Waals surface area contributed by atoms with E-state index in [1.807, 2.05) is 0 Å². The molecule has 0 spiro atoms. The third-order valence-corrected chi connectivity index (χ3v) is 0.235. The highest BCUT2D eigenvalue weighted by Gasteiger charge is 1.60. The van der Waals surface area contributed by atoms with Gasteiger partial charge in [-0.3, -0.25) is 4.79 Å². The Hall–Kier alpha value is -1.24. The van der Waals surface area contributed by atoms with E-state index in [9.17, 15) is 4.79 Å². The monoisotopic (exact) mass is 116 g/mol. The van der Waals surface area contributed by atoms with E-state index in [2.05, 4.69) is 10.5 Å². The van der Waals surface area contributed by atoms with Crippen LogP contribution >= 0.6 is 0 Å². The third-order valence-electron chi connectivity index (χ3n) is 0.235. The first kappa shape index (κ1) is 9.90. The lowest BCUT2D eigenvalue weighted by Crippen LogP contribution is -1.80. The maximum atomic E-state index is 9.18. The summed E-state index contributed by atoms with van der Waals surface area (Å²) in [5.41, 5.74) is 4.15. The quantitative estimate of drug-likeness (QED) is 0.302. The van der Waals surface area contributed by atoms with Crippen molar-refractivity contribution in [1.29, 1.82) is 5.26 Å². The van der Waals surface area contributed by atoms with Crippen molar-refractivity contribution in [2.75, 3.05) is 6.61 Å². The van der Waals surface area contributed by atoms with Crippen molar-refractivity contribution in [3.8, 4) is 6.19 Å². The Kier molecular flexibility index (Phi) is 21.2. The Labute approximate surface area is 47.8 Å². The second-order valence-electron chi connectivity index (χ2n) is 0.681. The van der Waals surface area contributed by atoms with Gasteiger partial charge in [-0.15, -0.1) is 0 Å². The molecule has 2 N–H and O–H groups in total. The number of carbonyl (C=O) groups excluding carboxylic acids is 1. The van der Waals surface area contributed by atoms with Crippen molar-refractivity contribution in [2.45, 2.75) is 6.92 Å². The number of rotatable bonds is 2. The topological polar surface area (TPSA) is 76.1 Å². The van der Waals surface area contributed by atoms with Gasteiger partial charge in [0.15, 0.2) is 6.19 Å². The van der Waals surface area contributed by atoms with E-state index in [0.29, 0.717) is 13.1 Å². The van der Waals surface area contributed by atoms with Crippen LogP contribution in [-0.4, -0.2) is 13.1 Å². The molecule has 0 aromatic heterocycles. The first-order valence-corrected chi connectivity index (χ1v) is 1.98. The fraction of sp³-hybridized carbons (Fsp3) is 0.500. The molecule has 0 fully saturated rings. The molecule has 0 rings (SSSR count). The van der Waals surface area contributed by atoms with E-state index >= 15 is 0 Å². The molecule has 0 bridgehead atoms. The number of hydrogen-bond donors (Lipinski definition) is 1. The van der Waals surface area contributed by atoms with Crippen molar-refractivity contribution < 1.29 is 9.53 Å². The van der Waals surface area contributed by atoms with Crippen LogP contribution in [0.5, 0.6) is 0 Å². The van der Waals surface area contributed by atoms with E-state index in [0.717, 1.165) is 0 Å². The summed E-state index contributed by atoms with van der Waals surface area (Å²) in [6, 6.07) is 0. The number of ether oxygens (including phenoxy) is 1. The lowest BCUT2D eigenvalue weighted by atomic mass is 10.9. The fourth-order valence-electron chi connectivity index (χ4n) is 0.0680. The van der Waals surface area contributed by atoms with Crippen molar-refractivity contribution >= 4 is 6.47 Å². The average molecular weight is 116 g/mol. The Bertz CT molecular complexity index is 76.6. The zero-order valence-electron chi connectivity index (χ0n) is 4.63. The number of hydrogen-bond acceptors (Lipinski definition) is 4. The minimum Gasteiger partial charge on any atom is -0.468 e. The minimum absolute atomic E-state index is 0.431. The summed E-state index contributed by atoms with van der Waals surface area (Å²) in [4.78, 5) is 9.18. The Morgan fingerprint density at radius 2 is 2.38 bits per heavy atom. The lowest BCUT2D eigenvalue weighted by molar-refractivity contribution is -0.128. The van der Waals surface area contributed by atoms with E-state index < -0.39 is 0 Å². The van der Waals surface area contributed by atoms with Crippen molar-refractivity contribution in [3.05, 3.63) is 0 Å². The van der Waals surface area contributed by atoms with Gasteiger partial charge in [-0.25, -0.2) is 0 Å². The molecule has 0 unspecified atom stereocenters. The largest absolute Gasteiger partial charge is 0.468 e. The van der Waals surface area contributed by atoms with Crippen LogP contribution in [0, 0.1) is 11.5 Å². The third kappa shape index (κ3) is 117. The highest BCUT2D eigenvalue weighted by molar-refractivity contribution is 5.36. The summed E-state index contributed by atoms with van der Waals surface area (Å²) >= 11 is 0. The molecule has 4 nitrogen and oxygen atoms in total. The molecule has 0 aromatic rings. The number of nitrogens with zero attached hydrogens (tertiary/aromatic N) is 1. The van der Waals surface area contributed by atoms with Crippen LogP contribution in [0.25, 0.3) is 0 Å². The van der Waals surface area contributed by atoms with Gasteiger partial charge >= 0.3 is 0 Å². The summed E-state index contributed by atoms with van der Waals surface area (Å²) in [5, 5.41) is 7.10. The molecule has 0 aliphatic heterocycles. The molecule has 0 radical (unpaired) electrons. The highest BCUT2D eigenvalue weighted by Crippen LogP contribution is 1.55. The maximum absolute atomic E-state index is 9.18. The van der Waals surface area contributed by atoms with Gasteiger partial charge < -0.3 is 10.5 Å². The normalized spacial score (nSPS) is 5.00. The molecule has 8 heavy (non-hydrogen) atoms. The van der Waals surface area contributed by atoms with Crippen molar-refractivity contribution in [2.24, 2.45) is 5.73 Å². The zero-order chi connectivity index (χ0) is 6.83. The SMILES string of the molecule is CCOC=O.N#CN. The van der Waals surface area contributed by atoms with Crippen LogP contribution in [0.4, 0.5) is 0 Å². The fourth-order valence-corrected chi connectivity index (χ4v) is 0.0680. The molecule has 0 atom stereocenters. The standard InChI is InChI=1S/C3H6O2.CH2N2/c1-2-5-3-4;2-1-3/h3H,2H2,1H3;2H2. The van der Waals surface area contributed by atoms with Crippen LogP contribution in [-0.2, 0) is 9.53 Å². The first-order chi connectivity index (χ1) is 3.83. The minimum atomic E-state index is 0.431. The lowest BCUT2D eigenvalue weighted by Gasteiger charge is -1.79. The van der Waals surface area contributed by atoms with Crippen LogP contribution in [0.3, 0.4) is 0 Å². The summed E-state index contributed by atoms with van der Waals surface area (Å²) in [5.74, 6) is 0. The number of carbonyl (C=O) groups is 1. The molecule has 0 amide bonds. The molecule has 0 aromatic carbocycles. The van der Waals surface area contributed by atoms with Crippen LogP contribution in [0.15, 0.2) is 0 Å². The van der Waals surface area contributed by atoms with E-state index in [1.165, 1.54) is 6.19 Å². The van der Waals surface area contributed by atoms with Crippen LogP contribution in [0.2, 0.25) is 0 Å². The average Bonchev–Trinajstić information content (AvgIpc) is 1.71. The van der Waals surface area contributed by atoms with Gasteiger partial charge in [0.05, 0.1) is 6.61 Å². The van der Waals surface area contributed by atoms with Crippen LogP contribution in [0.1, 0.15) is 6.92 Å². The number of nitriles is 1. The Balaban J connectivity index is 0. The van der Waals surface area contributed by atoms with Gasteiger partial charge in [-0.1, -0.05) is 0 Å². The van der Waals surface area contributed by atoms with Crippen molar-refractivity contribution in [3.63, 3.8) is 0 Å². The molecule has 0 saturated carbocycles. The summed E-state index contributed by atoms with van der Waals surface area (Å²) < 4.78 is 4.15. The molecule has 46 valence electrons. The zero-order valence-corrected chi connectivity index (χ0v) is 4.63. The molecule has 0 aliphatic carbocycles. The van der Waals surface area contributed by atoms with E-state index in [1.54, 1.807) is 6.92 Å². The van der Waals surface area contributed by atoms with Crippen molar-refractivity contribution in [1.82, 2.24) is 0 Å². The first-order valence-electron chi connectivity index (χ1n) is 1.98. The van der Waals surface area contributed by atoms with E-state index in [4.69, 9.17) is 5.26 Å². The van der Waals surface area contributed by atoms with Crippen LogP contribution < -0.4 is 5.73 Å². The molecular formula is C4H8N2O2. The molecule has 0 heterocycles.